The van der Waals surface area contributed by atoms with Crippen LogP contribution in [0.5, 0.6) is 0 Å². The third kappa shape index (κ3) is 2.95. The molecule has 1 saturated carbocycles. The second-order valence-electron chi connectivity index (χ2n) is 4.84. The maximum atomic E-state index is 4.39. The average Bonchev–Trinajstić information content (AvgIpc) is 2.93. The quantitative estimate of drug-likeness (QED) is 0.806. The molecule has 2 aromatic rings. The molecule has 1 aliphatic carbocycles. The van der Waals surface area contributed by atoms with Crippen molar-refractivity contribution in [2.24, 2.45) is 7.05 Å². The Morgan fingerprint density at radius 3 is 2.94 bits per heavy atom. The third-order valence-corrected chi connectivity index (χ3v) is 3.08. The number of hydrogen-bond donors (Lipinski definition) is 1. The molecule has 1 aliphatic rings. The minimum Gasteiger partial charge on any atom is -0.337 e. The van der Waals surface area contributed by atoms with Crippen LogP contribution in [0, 0.1) is 0 Å². The zero-order valence-corrected chi connectivity index (χ0v) is 10.6. The molecule has 18 heavy (non-hydrogen) atoms. The molecule has 0 bridgehead atoms. The fourth-order valence-electron chi connectivity index (χ4n) is 1.88. The predicted molar refractivity (Wildman–Crippen MR) is 66.8 cm³/mol. The summed E-state index contributed by atoms with van der Waals surface area (Å²) in [4.78, 5) is 8.60. The van der Waals surface area contributed by atoms with Crippen LogP contribution in [-0.2, 0) is 26.6 Å². The van der Waals surface area contributed by atoms with Crippen molar-refractivity contribution in [2.45, 2.75) is 38.4 Å². The molecule has 0 spiro atoms. The minimum absolute atomic E-state index is 0.730. The number of imidazole rings is 1. The molecule has 0 amide bonds. The summed E-state index contributed by atoms with van der Waals surface area (Å²) in [5, 5.41) is 7.72. The molecule has 0 aromatic carbocycles. The zero-order valence-electron chi connectivity index (χ0n) is 10.6. The van der Waals surface area contributed by atoms with E-state index in [0.717, 1.165) is 37.1 Å². The normalized spacial score (nSPS) is 15.2. The van der Waals surface area contributed by atoms with E-state index < -0.39 is 0 Å². The first kappa shape index (κ1) is 11.4. The first-order chi connectivity index (χ1) is 8.79. The van der Waals surface area contributed by atoms with Gasteiger partial charge in [0.1, 0.15) is 6.33 Å². The van der Waals surface area contributed by atoms with Gasteiger partial charge in [-0.3, -0.25) is 4.68 Å². The first-order valence-electron chi connectivity index (χ1n) is 6.38. The van der Waals surface area contributed by atoms with Gasteiger partial charge < -0.3 is 9.88 Å². The summed E-state index contributed by atoms with van der Waals surface area (Å²) in [7, 11) is 1.88. The molecule has 2 aromatic heterocycles. The Kier molecular flexibility index (Phi) is 3.10. The molecule has 0 atom stereocenters. The van der Waals surface area contributed by atoms with Crippen molar-refractivity contribution in [3.8, 4) is 0 Å². The highest BCUT2D eigenvalue weighted by Crippen LogP contribution is 2.18. The van der Waals surface area contributed by atoms with Crippen LogP contribution in [0.15, 0.2) is 18.9 Å². The van der Waals surface area contributed by atoms with Gasteiger partial charge >= 0.3 is 0 Å². The molecule has 0 radical (unpaired) electrons. The van der Waals surface area contributed by atoms with E-state index in [9.17, 15) is 0 Å². The third-order valence-electron chi connectivity index (χ3n) is 3.08. The summed E-state index contributed by atoms with van der Waals surface area (Å²) in [6, 6.07) is 0.730. The van der Waals surface area contributed by atoms with Crippen LogP contribution >= 0.6 is 0 Å². The van der Waals surface area contributed by atoms with Crippen LogP contribution < -0.4 is 5.32 Å². The lowest BCUT2D eigenvalue weighted by Crippen LogP contribution is -2.15. The second-order valence-corrected chi connectivity index (χ2v) is 4.84. The summed E-state index contributed by atoms with van der Waals surface area (Å²) < 4.78 is 3.83. The Morgan fingerprint density at radius 2 is 2.22 bits per heavy atom. The van der Waals surface area contributed by atoms with Crippen molar-refractivity contribution in [3.63, 3.8) is 0 Å². The van der Waals surface area contributed by atoms with Gasteiger partial charge in [0.15, 0.2) is 5.82 Å². The monoisotopic (exact) mass is 246 g/mol. The minimum atomic E-state index is 0.730. The smallest absolute Gasteiger partial charge is 0.152 e. The number of hydrogen-bond acceptors (Lipinski definition) is 4. The zero-order chi connectivity index (χ0) is 12.4. The SMILES string of the molecule is Cn1cnc(CCn2cnc(CNC3CC3)c2)n1. The topological polar surface area (TPSA) is 60.6 Å². The Bertz CT molecular complexity index is 510. The van der Waals surface area contributed by atoms with Crippen LogP contribution in [0.4, 0.5) is 0 Å². The fraction of sp³-hybridized carbons (Fsp3) is 0.583. The van der Waals surface area contributed by atoms with E-state index in [1.807, 2.05) is 13.4 Å². The van der Waals surface area contributed by atoms with Crippen LogP contribution in [0.1, 0.15) is 24.4 Å². The number of nitrogens with zero attached hydrogens (tertiary/aromatic N) is 5. The van der Waals surface area contributed by atoms with Gasteiger partial charge in [-0.05, 0) is 12.8 Å². The average molecular weight is 246 g/mol. The molecule has 0 unspecified atom stereocenters. The van der Waals surface area contributed by atoms with Crippen LogP contribution in [0.25, 0.3) is 0 Å². The molecule has 1 N–H and O–H groups in total. The molecule has 6 heteroatoms. The van der Waals surface area contributed by atoms with E-state index >= 15 is 0 Å². The lowest BCUT2D eigenvalue weighted by molar-refractivity contribution is 0.653. The van der Waals surface area contributed by atoms with Gasteiger partial charge in [0, 0.05) is 38.8 Å². The Labute approximate surface area is 106 Å². The Morgan fingerprint density at radius 1 is 1.33 bits per heavy atom. The number of rotatable bonds is 6. The molecular formula is C12H18N6. The van der Waals surface area contributed by atoms with Gasteiger partial charge in [-0.2, -0.15) is 5.10 Å². The van der Waals surface area contributed by atoms with Crippen molar-refractivity contribution < 1.29 is 0 Å². The maximum absolute atomic E-state index is 4.39. The molecule has 6 nitrogen and oxygen atoms in total. The highest BCUT2D eigenvalue weighted by Gasteiger charge is 2.20. The molecule has 3 rings (SSSR count). The fourth-order valence-corrected chi connectivity index (χ4v) is 1.88. The molecular weight excluding hydrogens is 228 g/mol. The van der Waals surface area contributed by atoms with Gasteiger partial charge in [-0.15, -0.1) is 0 Å². The molecule has 0 aliphatic heterocycles. The first-order valence-corrected chi connectivity index (χ1v) is 6.38. The van der Waals surface area contributed by atoms with E-state index in [0.29, 0.717) is 0 Å². The van der Waals surface area contributed by atoms with E-state index in [2.05, 4.69) is 31.1 Å². The lowest BCUT2D eigenvalue weighted by Gasteiger charge is -1.99. The van der Waals surface area contributed by atoms with E-state index in [4.69, 9.17) is 0 Å². The predicted octanol–water partition coefficient (Wildman–Crippen LogP) is 0.506. The van der Waals surface area contributed by atoms with Gasteiger partial charge in [-0.1, -0.05) is 0 Å². The number of nitrogens with one attached hydrogen (secondary N) is 1. The van der Waals surface area contributed by atoms with Crippen LogP contribution in [-0.4, -0.2) is 30.4 Å². The van der Waals surface area contributed by atoms with Crippen molar-refractivity contribution in [1.29, 1.82) is 0 Å². The second kappa shape index (κ2) is 4.89. The standard InChI is InChI=1S/C12H18N6/c1-17-8-15-12(16-17)4-5-18-7-11(14-9-18)6-13-10-2-3-10/h7-10,13H,2-6H2,1H3. The summed E-state index contributed by atoms with van der Waals surface area (Å²) in [5.41, 5.74) is 1.11. The summed E-state index contributed by atoms with van der Waals surface area (Å²) >= 11 is 0. The summed E-state index contributed by atoms with van der Waals surface area (Å²) in [5.74, 6) is 0.879. The largest absolute Gasteiger partial charge is 0.337 e. The van der Waals surface area contributed by atoms with Crippen molar-refractivity contribution >= 4 is 0 Å². The van der Waals surface area contributed by atoms with E-state index in [-0.39, 0.29) is 0 Å². The summed E-state index contributed by atoms with van der Waals surface area (Å²) in [6.45, 7) is 1.75. The van der Waals surface area contributed by atoms with Gasteiger partial charge in [-0.25, -0.2) is 9.97 Å². The van der Waals surface area contributed by atoms with Gasteiger partial charge in [0.2, 0.25) is 0 Å². The number of aryl methyl sites for hydroxylation is 3. The van der Waals surface area contributed by atoms with Gasteiger partial charge in [0.05, 0.1) is 12.0 Å². The molecule has 96 valence electrons. The van der Waals surface area contributed by atoms with E-state index in [1.165, 1.54) is 12.8 Å². The molecule has 2 heterocycles. The highest BCUT2D eigenvalue weighted by atomic mass is 15.3. The van der Waals surface area contributed by atoms with Crippen molar-refractivity contribution in [2.75, 3.05) is 0 Å². The lowest BCUT2D eigenvalue weighted by atomic mass is 10.4. The van der Waals surface area contributed by atoms with Crippen molar-refractivity contribution in [3.05, 3.63) is 30.4 Å². The number of aromatic nitrogens is 5. The van der Waals surface area contributed by atoms with E-state index in [1.54, 1.807) is 11.0 Å². The Balaban J connectivity index is 1.49. The highest BCUT2D eigenvalue weighted by molar-refractivity contribution is 4.98. The van der Waals surface area contributed by atoms with Crippen molar-refractivity contribution in [1.82, 2.24) is 29.6 Å². The van der Waals surface area contributed by atoms with Crippen LogP contribution in [0.2, 0.25) is 0 Å². The summed E-state index contributed by atoms with van der Waals surface area (Å²) in [6.07, 6.45) is 9.17. The molecule has 1 fully saturated rings. The van der Waals surface area contributed by atoms with Crippen LogP contribution in [0.3, 0.4) is 0 Å². The Hall–Kier alpha value is -1.69. The molecule has 0 saturated heterocycles. The maximum Gasteiger partial charge on any atom is 0.152 e. The van der Waals surface area contributed by atoms with Gasteiger partial charge in [0.25, 0.3) is 0 Å².